The number of nitrogens with two attached hydrogens (primary N) is 1. The van der Waals surface area contributed by atoms with Crippen molar-refractivity contribution in [1.82, 2.24) is 9.88 Å². The van der Waals surface area contributed by atoms with E-state index in [9.17, 15) is 14.0 Å². The van der Waals surface area contributed by atoms with Gasteiger partial charge in [-0.05, 0) is 11.6 Å². The lowest BCUT2D eigenvalue weighted by Crippen LogP contribution is -2.24. The van der Waals surface area contributed by atoms with Crippen molar-refractivity contribution in [1.29, 1.82) is 0 Å². The second-order valence-electron chi connectivity index (χ2n) is 3.36. The minimum atomic E-state index is -1.23. The number of carbonyl (C=O) groups is 2. The molecule has 0 aliphatic rings. The van der Waals surface area contributed by atoms with Gasteiger partial charge in [-0.3, -0.25) is 4.79 Å². The van der Waals surface area contributed by atoms with Crippen molar-refractivity contribution in [3.05, 3.63) is 35.9 Å². The van der Waals surface area contributed by atoms with Gasteiger partial charge in [0, 0.05) is 25.5 Å². The molecule has 1 aromatic rings. The van der Waals surface area contributed by atoms with Gasteiger partial charge in [-0.25, -0.2) is 9.18 Å². The molecule has 7 heteroatoms. The molecule has 0 bridgehead atoms. The number of nitrogens with one attached hydrogen (secondary N) is 1. The predicted octanol–water partition coefficient (Wildman–Crippen LogP) is 0.708. The van der Waals surface area contributed by atoms with Crippen LogP contribution in [0.25, 0.3) is 0 Å². The van der Waals surface area contributed by atoms with Gasteiger partial charge < -0.3 is 20.7 Å². The number of amides is 2. The summed E-state index contributed by atoms with van der Waals surface area (Å²) in [6, 6.07) is 1.50. The van der Waals surface area contributed by atoms with Gasteiger partial charge in [-0.1, -0.05) is 0 Å². The van der Waals surface area contributed by atoms with E-state index in [1.54, 1.807) is 6.20 Å². The van der Waals surface area contributed by atoms with Gasteiger partial charge in [-0.15, -0.1) is 0 Å². The molecule has 0 fully saturated rings. The summed E-state index contributed by atoms with van der Waals surface area (Å²) >= 11 is 0. The number of halogens is 1. The lowest BCUT2D eigenvalue weighted by Gasteiger charge is -2.06. The number of hydrogen-bond acceptors (Lipinski definition) is 2. The summed E-state index contributed by atoms with van der Waals surface area (Å²) < 4.78 is 14.0. The average molecular weight is 241 g/mol. The van der Waals surface area contributed by atoms with Crippen LogP contribution in [0.5, 0.6) is 0 Å². The van der Waals surface area contributed by atoms with Crippen molar-refractivity contribution >= 4 is 12.0 Å². The molecule has 0 aliphatic heterocycles. The molecule has 0 spiro atoms. The molecule has 0 saturated heterocycles. The highest BCUT2D eigenvalue weighted by Gasteiger charge is 2.05. The van der Waals surface area contributed by atoms with Crippen molar-refractivity contribution in [3.8, 4) is 0 Å². The Labute approximate surface area is 96.5 Å². The smallest absolute Gasteiger partial charge is 0.404 e. The van der Waals surface area contributed by atoms with Crippen LogP contribution in [-0.2, 0) is 6.54 Å². The minimum Gasteiger partial charge on any atom is -0.465 e. The van der Waals surface area contributed by atoms with Gasteiger partial charge >= 0.3 is 6.09 Å². The topological polar surface area (TPSA) is 97.4 Å². The van der Waals surface area contributed by atoms with E-state index in [1.165, 1.54) is 16.8 Å². The molecule has 1 aromatic heterocycles. The van der Waals surface area contributed by atoms with E-state index in [1.807, 2.05) is 5.32 Å². The minimum absolute atomic E-state index is 0.115. The van der Waals surface area contributed by atoms with Crippen LogP contribution in [0, 0.1) is 0 Å². The Morgan fingerprint density at radius 3 is 2.76 bits per heavy atom. The lowest BCUT2D eigenvalue weighted by atomic mass is 10.3. The zero-order valence-corrected chi connectivity index (χ0v) is 8.89. The van der Waals surface area contributed by atoms with Crippen LogP contribution in [-0.4, -0.2) is 28.2 Å². The Kier molecular flexibility index (Phi) is 4.27. The Morgan fingerprint density at radius 1 is 1.59 bits per heavy atom. The molecular weight excluding hydrogens is 229 g/mol. The van der Waals surface area contributed by atoms with Crippen molar-refractivity contribution in [2.45, 2.75) is 6.54 Å². The van der Waals surface area contributed by atoms with E-state index in [0.29, 0.717) is 11.9 Å². The SMILES string of the molecule is NC(=O)c1ccn(C/C(=C/F)CNC(=O)O)c1. The molecule has 0 atom stereocenters. The highest BCUT2D eigenvalue weighted by molar-refractivity contribution is 5.92. The molecule has 0 unspecified atom stereocenters. The Hall–Kier alpha value is -2.31. The standard InChI is InChI=1S/C10H12FN3O3/c11-3-7(4-13-10(16)17)5-14-2-1-8(6-14)9(12)15/h1-3,6,13H,4-5H2,(H2,12,15)(H,16,17)/b7-3+. The molecule has 4 N–H and O–H groups in total. The van der Waals surface area contributed by atoms with Crippen LogP contribution in [0.4, 0.5) is 9.18 Å². The molecule has 1 heterocycles. The largest absolute Gasteiger partial charge is 0.465 e. The predicted molar refractivity (Wildman–Crippen MR) is 58.2 cm³/mol. The zero-order chi connectivity index (χ0) is 12.8. The summed E-state index contributed by atoms with van der Waals surface area (Å²) in [6.45, 7) is 0.0278. The van der Waals surface area contributed by atoms with E-state index in [0.717, 1.165) is 0 Å². The zero-order valence-electron chi connectivity index (χ0n) is 8.89. The molecule has 6 nitrogen and oxygen atoms in total. The Bertz CT molecular complexity index is 453. The monoisotopic (exact) mass is 241 g/mol. The fourth-order valence-electron chi connectivity index (χ4n) is 1.24. The summed E-state index contributed by atoms with van der Waals surface area (Å²) in [5.41, 5.74) is 5.61. The number of nitrogens with zero attached hydrogens (tertiary/aromatic N) is 1. The van der Waals surface area contributed by atoms with E-state index in [2.05, 4.69) is 0 Å². The Morgan fingerprint density at radius 2 is 2.29 bits per heavy atom. The number of rotatable bonds is 5. The first-order valence-corrected chi connectivity index (χ1v) is 4.73. The van der Waals surface area contributed by atoms with E-state index < -0.39 is 12.0 Å². The fourth-order valence-corrected chi connectivity index (χ4v) is 1.24. The van der Waals surface area contributed by atoms with E-state index >= 15 is 0 Å². The number of hydrogen-bond donors (Lipinski definition) is 3. The van der Waals surface area contributed by atoms with Crippen LogP contribution >= 0.6 is 0 Å². The summed E-state index contributed by atoms with van der Waals surface area (Å²) in [5.74, 6) is -0.571. The van der Waals surface area contributed by atoms with Crippen molar-refractivity contribution in [3.63, 3.8) is 0 Å². The molecule has 1 rings (SSSR count). The second kappa shape index (κ2) is 5.69. The third-order valence-electron chi connectivity index (χ3n) is 2.04. The van der Waals surface area contributed by atoms with E-state index in [4.69, 9.17) is 10.8 Å². The van der Waals surface area contributed by atoms with Crippen LogP contribution in [0.15, 0.2) is 30.4 Å². The van der Waals surface area contributed by atoms with Gasteiger partial charge in [0.25, 0.3) is 0 Å². The summed E-state index contributed by atoms with van der Waals surface area (Å²) in [6.07, 6.45) is 2.13. The maximum atomic E-state index is 12.5. The summed E-state index contributed by atoms with van der Waals surface area (Å²) in [5, 5.41) is 10.4. The maximum Gasteiger partial charge on any atom is 0.404 e. The quantitative estimate of drug-likeness (QED) is 0.708. The summed E-state index contributed by atoms with van der Waals surface area (Å²) in [7, 11) is 0. The molecule has 0 aromatic carbocycles. The van der Waals surface area contributed by atoms with Gasteiger partial charge in [0.05, 0.1) is 11.9 Å². The first kappa shape index (κ1) is 12.8. The van der Waals surface area contributed by atoms with Gasteiger partial charge in [0.2, 0.25) is 5.91 Å². The normalized spacial score (nSPS) is 11.2. The Balaban J connectivity index is 2.61. The summed E-state index contributed by atoms with van der Waals surface area (Å²) in [4.78, 5) is 21.1. The van der Waals surface area contributed by atoms with Crippen LogP contribution < -0.4 is 11.1 Å². The lowest BCUT2D eigenvalue weighted by molar-refractivity contribution is 0.1000. The molecule has 17 heavy (non-hydrogen) atoms. The molecule has 0 saturated carbocycles. The van der Waals surface area contributed by atoms with Gasteiger partial charge in [0.1, 0.15) is 0 Å². The second-order valence-corrected chi connectivity index (χ2v) is 3.36. The van der Waals surface area contributed by atoms with Gasteiger partial charge in [0.15, 0.2) is 0 Å². The number of primary amides is 1. The third-order valence-corrected chi connectivity index (χ3v) is 2.04. The fraction of sp³-hybridized carbons (Fsp3) is 0.200. The maximum absolute atomic E-state index is 12.5. The molecular formula is C10H12FN3O3. The van der Waals surface area contributed by atoms with E-state index in [-0.39, 0.29) is 18.7 Å². The number of aromatic nitrogens is 1. The molecule has 92 valence electrons. The first-order chi connectivity index (χ1) is 8.02. The highest BCUT2D eigenvalue weighted by atomic mass is 19.1. The molecule has 0 radical (unpaired) electrons. The molecule has 2 amide bonds. The van der Waals surface area contributed by atoms with Gasteiger partial charge in [-0.2, -0.15) is 0 Å². The van der Waals surface area contributed by atoms with Crippen LogP contribution in [0.1, 0.15) is 10.4 Å². The number of carbonyl (C=O) groups excluding carboxylic acids is 1. The average Bonchev–Trinajstić information content (AvgIpc) is 2.72. The van der Waals surface area contributed by atoms with Crippen LogP contribution in [0.3, 0.4) is 0 Å². The van der Waals surface area contributed by atoms with Crippen molar-refractivity contribution in [2.75, 3.05) is 6.54 Å². The van der Waals surface area contributed by atoms with Crippen molar-refractivity contribution in [2.24, 2.45) is 5.73 Å². The highest BCUT2D eigenvalue weighted by Crippen LogP contribution is 2.05. The number of carboxylic acid groups (broad SMARTS) is 1. The molecule has 0 aliphatic carbocycles. The van der Waals surface area contributed by atoms with Crippen LogP contribution in [0.2, 0.25) is 0 Å². The van der Waals surface area contributed by atoms with Crippen molar-refractivity contribution < 1.29 is 19.1 Å². The first-order valence-electron chi connectivity index (χ1n) is 4.73. The third kappa shape index (κ3) is 3.98.